The lowest BCUT2D eigenvalue weighted by molar-refractivity contribution is 0.102. The average Bonchev–Trinajstić information content (AvgIpc) is 3.50. The molecule has 0 saturated carbocycles. The second kappa shape index (κ2) is 13.7. The minimum atomic E-state index is -0.225. The van der Waals surface area contributed by atoms with E-state index in [0.29, 0.717) is 29.2 Å². The van der Waals surface area contributed by atoms with Gasteiger partial charge in [0, 0.05) is 74.9 Å². The molecule has 2 aromatic heterocycles. The number of amides is 1. The monoisotopic (exact) mass is 596 g/mol. The van der Waals surface area contributed by atoms with Crippen molar-refractivity contribution in [3.63, 3.8) is 0 Å². The quantitative estimate of drug-likeness (QED) is 0.258. The van der Waals surface area contributed by atoms with Crippen LogP contribution in [-0.2, 0) is 12.0 Å². The molecule has 10 nitrogen and oxygen atoms in total. The van der Waals surface area contributed by atoms with Gasteiger partial charge in [0.2, 0.25) is 0 Å². The summed E-state index contributed by atoms with van der Waals surface area (Å²) < 4.78 is 7.59. The van der Waals surface area contributed by atoms with Gasteiger partial charge in [-0.15, -0.1) is 5.10 Å². The Morgan fingerprint density at radius 3 is 2.57 bits per heavy atom. The molecule has 0 radical (unpaired) electrons. The summed E-state index contributed by atoms with van der Waals surface area (Å²) in [6, 6.07) is 13.6. The molecule has 3 heterocycles. The summed E-state index contributed by atoms with van der Waals surface area (Å²) >= 11 is 0. The van der Waals surface area contributed by atoms with Crippen LogP contribution in [0.4, 0.5) is 5.69 Å². The maximum Gasteiger partial charge on any atom is 0.255 e. The van der Waals surface area contributed by atoms with E-state index in [1.54, 1.807) is 24.2 Å². The van der Waals surface area contributed by atoms with Crippen molar-refractivity contribution < 1.29 is 9.53 Å². The number of nitrogens with one attached hydrogen (secondary N) is 2. The van der Waals surface area contributed by atoms with E-state index in [1.165, 1.54) is 0 Å². The molecule has 0 aliphatic carbocycles. The summed E-state index contributed by atoms with van der Waals surface area (Å²) in [6.45, 7) is 15.5. The van der Waals surface area contributed by atoms with E-state index in [1.807, 2.05) is 49.5 Å². The van der Waals surface area contributed by atoms with Crippen LogP contribution in [0.1, 0.15) is 47.8 Å². The van der Waals surface area contributed by atoms with Crippen molar-refractivity contribution in [2.24, 2.45) is 0 Å². The van der Waals surface area contributed by atoms with Gasteiger partial charge in [-0.05, 0) is 60.8 Å². The number of anilines is 1. The van der Waals surface area contributed by atoms with Gasteiger partial charge in [0.1, 0.15) is 11.4 Å². The average molecular weight is 597 g/mol. The van der Waals surface area contributed by atoms with Gasteiger partial charge < -0.3 is 20.3 Å². The van der Waals surface area contributed by atoms with Gasteiger partial charge in [-0.25, -0.2) is 4.68 Å². The Balaban J connectivity index is 1.35. The Kier molecular flexibility index (Phi) is 9.73. The van der Waals surface area contributed by atoms with Gasteiger partial charge in [-0.2, -0.15) is 0 Å². The lowest BCUT2D eigenvalue weighted by atomic mass is 9.85. The molecule has 1 saturated heterocycles. The molecular weight excluding hydrogens is 552 g/mol. The van der Waals surface area contributed by atoms with Crippen LogP contribution in [-0.4, -0.2) is 89.1 Å². The molecule has 2 N–H and O–H groups in total. The predicted molar refractivity (Wildman–Crippen MR) is 175 cm³/mol. The van der Waals surface area contributed by atoms with Gasteiger partial charge in [-0.3, -0.25) is 14.7 Å². The van der Waals surface area contributed by atoms with Crippen LogP contribution in [0, 0.1) is 6.92 Å². The molecule has 1 fully saturated rings. The summed E-state index contributed by atoms with van der Waals surface area (Å²) in [5, 5.41) is 15.4. The number of aromatic nitrogens is 4. The molecule has 1 aliphatic rings. The van der Waals surface area contributed by atoms with E-state index in [4.69, 9.17) is 4.74 Å². The summed E-state index contributed by atoms with van der Waals surface area (Å²) in [5.74, 6) is 0.445. The van der Waals surface area contributed by atoms with Crippen molar-refractivity contribution in [1.82, 2.24) is 35.1 Å². The van der Waals surface area contributed by atoms with E-state index >= 15 is 0 Å². The van der Waals surface area contributed by atoms with E-state index in [9.17, 15) is 4.79 Å². The first-order chi connectivity index (χ1) is 21.1. The Labute approximate surface area is 260 Å². The zero-order chi connectivity index (χ0) is 31.3. The third-order valence-corrected chi connectivity index (χ3v) is 8.17. The highest BCUT2D eigenvalue weighted by atomic mass is 16.5. The number of hydrogen-bond donors (Lipinski definition) is 2. The maximum absolute atomic E-state index is 13.7. The first-order valence-electron chi connectivity index (χ1n) is 15.2. The number of likely N-dealkylation sites (N-methyl/N-ethyl adjacent to an activating group) is 1. The fourth-order valence-electron chi connectivity index (χ4n) is 5.34. The third kappa shape index (κ3) is 7.50. The van der Waals surface area contributed by atoms with Gasteiger partial charge >= 0.3 is 0 Å². The highest BCUT2D eigenvalue weighted by Crippen LogP contribution is 2.36. The fraction of sp³-hybridized carbons (Fsp3) is 0.412. The van der Waals surface area contributed by atoms with E-state index in [0.717, 1.165) is 67.2 Å². The number of hydrogen-bond acceptors (Lipinski definition) is 8. The number of carbonyl (C=O) groups excluding carboxylic acids is 1. The lowest BCUT2D eigenvalue weighted by Gasteiger charge is -2.32. The maximum atomic E-state index is 13.7. The van der Waals surface area contributed by atoms with Crippen LogP contribution in [0.5, 0.6) is 5.75 Å². The number of pyridine rings is 1. The number of nitrogens with zero attached hydrogens (tertiary/aromatic N) is 6. The van der Waals surface area contributed by atoms with Crippen LogP contribution in [0.2, 0.25) is 0 Å². The van der Waals surface area contributed by atoms with Crippen molar-refractivity contribution in [3.05, 3.63) is 83.3 Å². The minimum absolute atomic E-state index is 0.115. The van der Waals surface area contributed by atoms with Crippen LogP contribution in [0.25, 0.3) is 16.9 Å². The summed E-state index contributed by atoms with van der Waals surface area (Å²) in [7, 11) is 3.83. The third-order valence-electron chi connectivity index (χ3n) is 8.17. The molecule has 4 aromatic rings. The second-order valence-corrected chi connectivity index (χ2v) is 12.5. The Morgan fingerprint density at radius 1 is 1.07 bits per heavy atom. The molecule has 0 unspecified atom stereocenters. The highest BCUT2D eigenvalue weighted by molar-refractivity contribution is 6.05. The molecule has 44 heavy (non-hydrogen) atoms. The predicted octanol–water partition coefficient (Wildman–Crippen LogP) is 4.53. The standard InChI is InChI=1S/C34H44N8O2/c1-24-9-10-25(19-31(24)42-23-30(38-39-42)26-8-7-11-35-21-26)33(43)37-29-20-28(34(2,3)4)18-27(32(29)44-6)22-36-12-13-41-16-14-40(5)15-17-41/h7-11,18-21,23,36H,12-17,22H2,1-6H3,(H,37,43). The second-order valence-electron chi connectivity index (χ2n) is 12.5. The summed E-state index contributed by atoms with van der Waals surface area (Å²) in [6.07, 6.45) is 5.32. The number of rotatable bonds is 10. The Bertz CT molecular complexity index is 1570. The van der Waals surface area contributed by atoms with Crippen LogP contribution < -0.4 is 15.4 Å². The van der Waals surface area contributed by atoms with Gasteiger partial charge in [-0.1, -0.05) is 38.1 Å². The van der Waals surface area contributed by atoms with E-state index < -0.39 is 0 Å². The zero-order valence-corrected chi connectivity index (χ0v) is 26.7. The van der Waals surface area contributed by atoms with Crippen molar-refractivity contribution >= 4 is 11.6 Å². The topological polar surface area (TPSA) is 100 Å². The first kappa shape index (κ1) is 31.3. The lowest BCUT2D eigenvalue weighted by Crippen LogP contribution is -2.46. The number of benzene rings is 2. The number of methoxy groups -OCH3 is 1. The Hall–Kier alpha value is -4.12. The first-order valence-corrected chi connectivity index (χ1v) is 15.2. The number of aryl methyl sites for hydroxylation is 1. The summed E-state index contributed by atoms with van der Waals surface area (Å²) in [4.78, 5) is 22.7. The molecule has 10 heteroatoms. The molecule has 232 valence electrons. The molecule has 2 aromatic carbocycles. The number of piperazine rings is 1. The smallest absolute Gasteiger partial charge is 0.255 e. The van der Waals surface area contributed by atoms with Crippen molar-refractivity contribution in [1.29, 1.82) is 0 Å². The molecule has 0 bridgehead atoms. The largest absolute Gasteiger partial charge is 0.494 e. The molecule has 0 atom stereocenters. The number of ether oxygens (including phenoxy) is 1. The van der Waals surface area contributed by atoms with Crippen LogP contribution >= 0.6 is 0 Å². The van der Waals surface area contributed by atoms with Gasteiger partial charge in [0.25, 0.3) is 5.91 Å². The molecule has 1 amide bonds. The molecule has 0 spiro atoms. The highest BCUT2D eigenvalue weighted by Gasteiger charge is 2.22. The molecule has 1 aliphatic heterocycles. The van der Waals surface area contributed by atoms with Crippen molar-refractivity contribution in [2.45, 2.75) is 39.7 Å². The molecule has 5 rings (SSSR count). The van der Waals surface area contributed by atoms with Crippen LogP contribution in [0.3, 0.4) is 0 Å². The fourth-order valence-corrected chi connectivity index (χ4v) is 5.34. The SMILES string of the molecule is COc1c(CNCCN2CCN(C)CC2)cc(C(C)(C)C)cc1NC(=O)c1ccc(C)c(-n2cc(-c3cccnc3)nn2)c1. The van der Waals surface area contributed by atoms with E-state index in [2.05, 4.69) is 69.6 Å². The van der Waals surface area contributed by atoms with Gasteiger partial charge in [0.15, 0.2) is 0 Å². The minimum Gasteiger partial charge on any atom is -0.494 e. The normalized spacial score (nSPS) is 14.5. The van der Waals surface area contributed by atoms with Gasteiger partial charge in [0.05, 0.1) is 24.7 Å². The number of carbonyl (C=O) groups is 1. The zero-order valence-electron chi connectivity index (χ0n) is 26.7. The molecular formula is C34H44N8O2. The van der Waals surface area contributed by atoms with Crippen LogP contribution in [0.15, 0.2) is 61.1 Å². The summed E-state index contributed by atoms with van der Waals surface area (Å²) in [5.41, 5.74) is 6.53. The van der Waals surface area contributed by atoms with Crippen molar-refractivity contribution in [3.8, 4) is 22.7 Å². The van der Waals surface area contributed by atoms with E-state index in [-0.39, 0.29) is 11.3 Å². The Morgan fingerprint density at radius 2 is 1.86 bits per heavy atom. The van der Waals surface area contributed by atoms with Crippen molar-refractivity contribution in [2.75, 3.05) is 58.7 Å².